The molecule has 0 bridgehead atoms. The number of hydrogen-bond acceptors (Lipinski definition) is 2. The minimum absolute atomic E-state index is 0.185. The Bertz CT molecular complexity index is 354. The van der Waals surface area contributed by atoms with E-state index in [1.165, 1.54) is 25.3 Å². The first-order valence-corrected chi connectivity index (χ1v) is 7.40. The van der Waals surface area contributed by atoms with Gasteiger partial charge in [0, 0.05) is 24.8 Å². The molecule has 2 nitrogen and oxygen atoms in total. The maximum atomic E-state index is 13.1. The summed E-state index contributed by atoms with van der Waals surface area (Å²) >= 11 is 0. The van der Waals surface area contributed by atoms with Crippen LogP contribution in [0, 0.1) is 5.82 Å². The summed E-state index contributed by atoms with van der Waals surface area (Å²) in [5.74, 6) is -0.185. The van der Waals surface area contributed by atoms with Crippen molar-refractivity contribution in [2.75, 3.05) is 25.0 Å². The number of benzene rings is 1. The zero-order valence-corrected chi connectivity index (χ0v) is 12.5. The summed E-state index contributed by atoms with van der Waals surface area (Å²) < 4.78 is 13.1. The van der Waals surface area contributed by atoms with Gasteiger partial charge >= 0.3 is 0 Å². The van der Waals surface area contributed by atoms with Gasteiger partial charge in [0.25, 0.3) is 0 Å². The van der Waals surface area contributed by atoms with Crippen molar-refractivity contribution < 1.29 is 4.39 Å². The number of nitrogens with one attached hydrogen (secondary N) is 1. The van der Waals surface area contributed by atoms with Gasteiger partial charge in [-0.25, -0.2) is 4.39 Å². The van der Waals surface area contributed by atoms with Gasteiger partial charge in [-0.1, -0.05) is 26.3 Å². The van der Waals surface area contributed by atoms with E-state index in [-0.39, 0.29) is 5.82 Å². The first kappa shape index (κ1) is 16.0. The summed E-state index contributed by atoms with van der Waals surface area (Å²) in [5, 5.41) is 3.29. The third-order valence-electron chi connectivity index (χ3n) is 3.57. The van der Waals surface area contributed by atoms with Crippen LogP contribution in [0.4, 0.5) is 10.1 Å². The molecule has 0 saturated heterocycles. The maximum absolute atomic E-state index is 13.1. The molecule has 108 valence electrons. The molecule has 1 aromatic carbocycles. The van der Waals surface area contributed by atoms with Gasteiger partial charge in [0.2, 0.25) is 0 Å². The van der Waals surface area contributed by atoms with Crippen molar-refractivity contribution in [1.29, 1.82) is 0 Å². The highest BCUT2D eigenvalue weighted by Crippen LogP contribution is 2.10. The zero-order chi connectivity index (χ0) is 14.1. The van der Waals surface area contributed by atoms with Gasteiger partial charge in [0.1, 0.15) is 5.82 Å². The average molecular weight is 266 g/mol. The Morgan fingerprint density at radius 2 is 2.05 bits per heavy atom. The minimum Gasteiger partial charge on any atom is -0.384 e. The van der Waals surface area contributed by atoms with Crippen LogP contribution in [0.25, 0.3) is 0 Å². The second kappa shape index (κ2) is 8.92. The van der Waals surface area contributed by atoms with E-state index >= 15 is 0 Å². The molecule has 0 aliphatic rings. The highest BCUT2D eigenvalue weighted by atomic mass is 19.1. The lowest BCUT2D eigenvalue weighted by molar-refractivity contribution is 0.208. The Kier molecular flexibility index (Phi) is 7.49. The molecule has 0 amide bonds. The van der Waals surface area contributed by atoms with Crippen LogP contribution >= 0.6 is 0 Å². The van der Waals surface area contributed by atoms with Gasteiger partial charge in [0.05, 0.1) is 0 Å². The highest BCUT2D eigenvalue weighted by molar-refractivity contribution is 5.42. The summed E-state index contributed by atoms with van der Waals surface area (Å²) in [4.78, 5) is 2.51. The molecule has 1 unspecified atom stereocenters. The second-order valence-electron chi connectivity index (χ2n) is 5.08. The Hall–Kier alpha value is -1.09. The molecule has 1 N–H and O–H groups in total. The van der Waals surface area contributed by atoms with E-state index in [9.17, 15) is 4.39 Å². The Morgan fingerprint density at radius 1 is 1.26 bits per heavy atom. The predicted octanol–water partition coefficient (Wildman–Crippen LogP) is 4.14. The van der Waals surface area contributed by atoms with E-state index in [4.69, 9.17) is 0 Å². The number of nitrogens with zero attached hydrogens (tertiary/aromatic N) is 1. The second-order valence-corrected chi connectivity index (χ2v) is 5.08. The van der Waals surface area contributed by atoms with Crippen LogP contribution in [0.1, 0.15) is 40.0 Å². The largest absolute Gasteiger partial charge is 0.384 e. The minimum atomic E-state index is -0.185. The molecular formula is C16H27FN2. The maximum Gasteiger partial charge on any atom is 0.125 e. The van der Waals surface area contributed by atoms with Crippen molar-refractivity contribution in [3.05, 3.63) is 30.1 Å². The molecule has 0 spiro atoms. The molecular weight excluding hydrogens is 239 g/mol. The summed E-state index contributed by atoms with van der Waals surface area (Å²) in [6.45, 7) is 9.74. The molecule has 0 heterocycles. The quantitative estimate of drug-likeness (QED) is 0.722. The van der Waals surface area contributed by atoms with Gasteiger partial charge in [-0.2, -0.15) is 0 Å². The van der Waals surface area contributed by atoms with Gasteiger partial charge in [-0.3, -0.25) is 4.90 Å². The molecule has 1 rings (SSSR count). The lowest BCUT2D eigenvalue weighted by Gasteiger charge is -2.28. The molecule has 0 aliphatic carbocycles. The topological polar surface area (TPSA) is 15.3 Å². The fourth-order valence-corrected chi connectivity index (χ4v) is 2.11. The summed E-state index contributed by atoms with van der Waals surface area (Å²) in [6, 6.07) is 7.27. The van der Waals surface area contributed by atoms with Crippen LogP contribution in [0.3, 0.4) is 0 Å². The average Bonchev–Trinajstić information content (AvgIpc) is 2.42. The van der Waals surface area contributed by atoms with Gasteiger partial charge in [-0.05, 0) is 44.5 Å². The molecule has 19 heavy (non-hydrogen) atoms. The number of unbranched alkanes of at least 4 members (excludes halogenated alkanes) is 1. The fraction of sp³-hybridized carbons (Fsp3) is 0.625. The third kappa shape index (κ3) is 6.06. The Labute approximate surface area is 117 Å². The zero-order valence-electron chi connectivity index (χ0n) is 12.5. The molecule has 1 atom stereocenters. The summed E-state index contributed by atoms with van der Waals surface area (Å²) in [6.07, 6.45) is 3.64. The molecule has 3 heteroatoms. The smallest absolute Gasteiger partial charge is 0.125 e. The number of hydrogen-bond donors (Lipinski definition) is 1. The normalized spacial score (nSPS) is 12.7. The van der Waals surface area contributed by atoms with Crippen molar-refractivity contribution in [3.63, 3.8) is 0 Å². The van der Waals surface area contributed by atoms with Gasteiger partial charge in [-0.15, -0.1) is 0 Å². The number of halogens is 1. The van der Waals surface area contributed by atoms with E-state index in [0.717, 1.165) is 25.3 Å². The lowest BCUT2D eigenvalue weighted by Crippen LogP contribution is -2.37. The molecule has 0 fully saturated rings. The predicted molar refractivity (Wildman–Crippen MR) is 81.1 cm³/mol. The number of anilines is 1. The fourth-order valence-electron chi connectivity index (χ4n) is 2.11. The SMILES string of the molecule is CCCCN(CCNc1cccc(F)c1)C(C)CC. The summed E-state index contributed by atoms with van der Waals surface area (Å²) in [5.41, 5.74) is 0.861. The van der Waals surface area contributed by atoms with Crippen LogP contribution in [-0.4, -0.2) is 30.6 Å². The highest BCUT2D eigenvalue weighted by Gasteiger charge is 2.10. The van der Waals surface area contributed by atoms with E-state index in [0.29, 0.717) is 6.04 Å². The molecule has 0 aromatic heterocycles. The first-order chi connectivity index (χ1) is 9.17. The molecule has 0 radical (unpaired) electrons. The molecule has 1 aromatic rings. The van der Waals surface area contributed by atoms with E-state index in [1.807, 2.05) is 6.07 Å². The first-order valence-electron chi connectivity index (χ1n) is 7.40. The van der Waals surface area contributed by atoms with Crippen LogP contribution in [0.2, 0.25) is 0 Å². The van der Waals surface area contributed by atoms with Crippen molar-refractivity contribution in [3.8, 4) is 0 Å². The van der Waals surface area contributed by atoms with Gasteiger partial charge in [0.15, 0.2) is 0 Å². The van der Waals surface area contributed by atoms with E-state index in [2.05, 4.69) is 31.0 Å². The lowest BCUT2D eigenvalue weighted by atomic mass is 10.2. The van der Waals surface area contributed by atoms with E-state index in [1.54, 1.807) is 12.1 Å². The summed E-state index contributed by atoms with van der Waals surface area (Å²) in [7, 11) is 0. The van der Waals surface area contributed by atoms with Crippen molar-refractivity contribution >= 4 is 5.69 Å². The molecule has 0 saturated carbocycles. The Morgan fingerprint density at radius 3 is 2.68 bits per heavy atom. The van der Waals surface area contributed by atoms with Crippen LogP contribution in [0.5, 0.6) is 0 Å². The van der Waals surface area contributed by atoms with E-state index < -0.39 is 0 Å². The third-order valence-corrected chi connectivity index (χ3v) is 3.57. The monoisotopic (exact) mass is 266 g/mol. The molecule has 0 aliphatic heterocycles. The van der Waals surface area contributed by atoms with Crippen LogP contribution < -0.4 is 5.32 Å². The van der Waals surface area contributed by atoms with Crippen molar-refractivity contribution in [1.82, 2.24) is 4.90 Å². The van der Waals surface area contributed by atoms with Crippen LogP contribution in [0.15, 0.2) is 24.3 Å². The van der Waals surface area contributed by atoms with Gasteiger partial charge < -0.3 is 5.32 Å². The van der Waals surface area contributed by atoms with Crippen molar-refractivity contribution in [2.45, 2.75) is 46.1 Å². The standard InChI is InChI=1S/C16H27FN2/c1-4-6-11-19(14(3)5-2)12-10-18-16-9-7-8-15(17)13-16/h7-9,13-14,18H,4-6,10-12H2,1-3H3. The Balaban J connectivity index is 2.38. The van der Waals surface area contributed by atoms with Crippen molar-refractivity contribution in [2.24, 2.45) is 0 Å². The van der Waals surface area contributed by atoms with Crippen LogP contribution in [-0.2, 0) is 0 Å². The number of rotatable bonds is 9.